The van der Waals surface area contributed by atoms with Gasteiger partial charge in [-0.05, 0) is 30.7 Å². The smallest absolute Gasteiger partial charge is 0.274 e. The predicted octanol–water partition coefficient (Wildman–Crippen LogP) is 3.81. The first kappa shape index (κ1) is 13.0. The van der Waals surface area contributed by atoms with Crippen molar-refractivity contribution in [2.75, 3.05) is 11.9 Å². The average Bonchev–Trinajstić information content (AvgIpc) is 2.37. The van der Waals surface area contributed by atoms with Crippen molar-refractivity contribution in [3.8, 4) is 0 Å². The van der Waals surface area contributed by atoms with Crippen LogP contribution in [0.15, 0.2) is 42.5 Å². The van der Waals surface area contributed by atoms with Crippen molar-refractivity contribution in [1.29, 1.82) is 0 Å². The van der Waals surface area contributed by atoms with Crippen LogP contribution in [0, 0.1) is 22.9 Å². The van der Waals surface area contributed by atoms with Crippen molar-refractivity contribution < 1.29 is 9.31 Å². The van der Waals surface area contributed by atoms with Crippen LogP contribution in [0.4, 0.5) is 21.5 Å². The van der Waals surface area contributed by atoms with Crippen molar-refractivity contribution in [2.24, 2.45) is 0 Å². The molecule has 0 unspecified atom stereocenters. The fraction of sp³-hybridized carbons (Fsp3) is 0.143. The highest BCUT2D eigenvalue weighted by Crippen LogP contribution is 2.28. The van der Waals surface area contributed by atoms with Gasteiger partial charge in [0.1, 0.15) is 5.82 Å². The third-order valence-corrected chi connectivity index (χ3v) is 2.85. The van der Waals surface area contributed by atoms with E-state index in [4.69, 9.17) is 0 Å². The van der Waals surface area contributed by atoms with E-state index in [0.29, 0.717) is 5.69 Å². The lowest BCUT2D eigenvalue weighted by atomic mass is 10.2. The number of aryl methyl sites for hydroxylation is 1. The number of nitrogens with zero attached hydrogens (tertiary/aromatic N) is 2. The number of rotatable bonds is 3. The molecule has 0 aliphatic carbocycles. The maximum atomic E-state index is 13.4. The highest BCUT2D eigenvalue weighted by atomic mass is 19.1. The number of benzene rings is 2. The molecule has 19 heavy (non-hydrogen) atoms. The molecule has 2 aromatic carbocycles. The molecule has 2 aromatic rings. The Bertz CT molecular complexity index is 629. The number of halogens is 1. The molecule has 0 N–H and O–H groups in total. The lowest BCUT2D eigenvalue weighted by Gasteiger charge is -2.19. The minimum atomic E-state index is -0.622. The summed E-state index contributed by atoms with van der Waals surface area (Å²) < 4.78 is 13.4. The summed E-state index contributed by atoms with van der Waals surface area (Å²) in [6.45, 7) is 1.95. The van der Waals surface area contributed by atoms with Gasteiger partial charge in [-0.15, -0.1) is 0 Å². The van der Waals surface area contributed by atoms with E-state index in [1.807, 2.05) is 31.2 Å². The maximum absolute atomic E-state index is 13.4. The zero-order chi connectivity index (χ0) is 14.0. The molecule has 0 radical (unpaired) electrons. The molecule has 98 valence electrons. The van der Waals surface area contributed by atoms with E-state index < -0.39 is 10.7 Å². The summed E-state index contributed by atoms with van der Waals surface area (Å²) in [7, 11) is 1.74. The molecule has 4 nitrogen and oxygen atoms in total. The largest absolute Gasteiger partial charge is 0.344 e. The molecule has 0 aliphatic heterocycles. The van der Waals surface area contributed by atoms with Gasteiger partial charge in [0, 0.05) is 18.8 Å². The van der Waals surface area contributed by atoms with E-state index in [-0.39, 0.29) is 5.69 Å². The van der Waals surface area contributed by atoms with Crippen LogP contribution in [-0.4, -0.2) is 12.0 Å². The lowest BCUT2D eigenvalue weighted by molar-refractivity contribution is -0.385. The van der Waals surface area contributed by atoms with Gasteiger partial charge < -0.3 is 4.90 Å². The molecule has 0 saturated carbocycles. The predicted molar refractivity (Wildman–Crippen MR) is 72.3 cm³/mol. The third kappa shape index (κ3) is 2.88. The minimum Gasteiger partial charge on any atom is -0.344 e. The topological polar surface area (TPSA) is 46.4 Å². The molecule has 0 fully saturated rings. The third-order valence-electron chi connectivity index (χ3n) is 2.85. The normalized spacial score (nSPS) is 10.3. The van der Waals surface area contributed by atoms with Gasteiger partial charge in [0.05, 0.1) is 16.7 Å². The van der Waals surface area contributed by atoms with Crippen LogP contribution in [0.1, 0.15) is 5.56 Å². The van der Waals surface area contributed by atoms with E-state index in [0.717, 1.165) is 17.3 Å². The first-order valence-electron chi connectivity index (χ1n) is 5.73. The molecule has 0 amide bonds. The quantitative estimate of drug-likeness (QED) is 0.622. The van der Waals surface area contributed by atoms with E-state index in [1.54, 1.807) is 11.9 Å². The van der Waals surface area contributed by atoms with E-state index >= 15 is 0 Å². The molecule has 0 aliphatic rings. The highest BCUT2D eigenvalue weighted by Gasteiger charge is 2.13. The van der Waals surface area contributed by atoms with Gasteiger partial charge in [0.15, 0.2) is 0 Å². The first-order valence-corrected chi connectivity index (χ1v) is 5.73. The molecule has 0 bridgehead atoms. The van der Waals surface area contributed by atoms with E-state index in [9.17, 15) is 14.5 Å². The molecule has 0 heterocycles. The van der Waals surface area contributed by atoms with E-state index in [1.165, 1.54) is 12.1 Å². The van der Waals surface area contributed by atoms with Crippen molar-refractivity contribution in [3.63, 3.8) is 0 Å². The van der Waals surface area contributed by atoms with Crippen molar-refractivity contribution in [3.05, 3.63) is 64.0 Å². The van der Waals surface area contributed by atoms with Crippen LogP contribution in [0.2, 0.25) is 0 Å². The molecule has 0 saturated heterocycles. The Kier molecular flexibility index (Phi) is 3.46. The summed E-state index contributed by atoms with van der Waals surface area (Å²) in [5.41, 5.74) is 2.10. The fourth-order valence-corrected chi connectivity index (χ4v) is 1.84. The van der Waals surface area contributed by atoms with Gasteiger partial charge in [-0.25, -0.2) is 4.39 Å². The molecule has 0 aromatic heterocycles. The zero-order valence-electron chi connectivity index (χ0n) is 10.6. The number of hydrogen-bond acceptors (Lipinski definition) is 3. The average molecular weight is 260 g/mol. The molecule has 2 rings (SSSR count). The fourth-order valence-electron chi connectivity index (χ4n) is 1.84. The summed E-state index contributed by atoms with van der Waals surface area (Å²) in [4.78, 5) is 11.8. The lowest BCUT2D eigenvalue weighted by Crippen LogP contribution is -2.10. The Morgan fingerprint density at radius 3 is 2.53 bits per heavy atom. The second-order valence-electron chi connectivity index (χ2n) is 4.32. The maximum Gasteiger partial charge on any atom is 0.274 e. The number of anilines is 2. The Morgan fingerprint density at radius 1 is 1.16 bits per heavy atom. The number of hydrogen-bond donors (Lipinski definition) is 0. The number of nitro groups is 1. The van der Waals surface area contributed by atoms with Crippen LogP contribution >= 0.6 is 0 Å². The van der Waals surface area contributed by atoms with Crippen LogP contribution in [0.3, 0.4) is 0 Å². The molecular formula is C14H13FN2O2. The number of non-ortho nitro benzene ring substituents is 1. The molecule has 0 spiro atoms. The standard InChI is InChI=1S/C14H13FN2O2/c1-10-4-3-5-12(6-10)16(2)13-7-11(15)8-14(9-13)17(18)19/h3-9H,1-2H3. The number of nitro benzene ring substituents is 1. The molecule has 5 heteroatoms. The molecule has 0 atom stereocenters. The van der Waals surface area contributed by atoms with Gasteiger partial charge in [-0.1, -0.05) is 12.1 Å². The first-order chi connectivity index (χ1) is 8.97. The summed E-state index contributed by atoms with van der Waals surface area (Å²) in [5.74, 6) is -0.622. The van der Waals surface area contributed by atoms with Crippen molar-refractivity contribution in [2.45, 2.75) is 6.92 Å². The van der Waals surface area contributed by atoms with Gasteiger partial charge in [0.25, 0.3) is 5.69 Å². The Labute approximate surface area is 110 Å². The summed E-state index contributed by atoms with van der Waals surface area (Å²) in [5, 5.41) is 10.7. The Balaban J connectivity index is 2.43. The van der Waals surface area contributed by atoms with Crippen LogP contribution < -0.4 is 4.90 Å². The van der Waals surface area contributed by atoms with Gasteiger partial charge in [0.2, 0.25) is 0 Å². The van der Waals surface area contributed by atoms with Crippen molar-refractivity contribution in [1.82, 2.24) is 0 Å². The summed E-state index contributed by atoms with van der Waals surface area (Å²) in [6, 6.07) is 11.2. The summed E-state index contributed by atoms with van der Waals surface area (Å²) >= 11 is 0. The zero-order valence-corrected chi connectivity index (χ0v) is 10.6. The van der Waals surface area contributed by atoms with Gasteiger partial charge >= 0.3 is 0 Å². The molecular weight excluding hydrogens is 247 g/mol. The highest BCUT2D eigenvalue weighted by molar-refractivity contribution is 5.65. The van der Waals surface area contributed by atoms with Crippen molar-refractivity contribution >= 4 is 17.1 Å². The van der Waals surface area contributed by atoms with Gasteiger partial charge in [-0.2, -0.15) is 0 Å². The Morgan fingerprint density at radius 2 is 1.89 bits per heavy atom. The minimum absolute atomic E-state index is 0.255. The second-order valence-corrected chi connectivity index (χ2v) is 4.32. The van der Waals surface area contributed by atoms with Gasteiger partial charge in [-0.3, -0.25) is 10.1 Å². The second kappa shape index (κ2) is 5.06. The van der Waals surface area contributed by atoms with Crippen LogP contribution in [0.25, 0.3) is 0 Å². The van der Waals surface area contributed by atoms with Crippen LogP contribution in [-0.2, 0) is 0 Å². The van der Waals surface area contributed by atoms with Crippen LogP contribution in [0.5, 0.6) is 0 Å². The SMILES string of the molecule is Cc1cccc(N(C)c2cc(F)cc([N+](=O)[O-])c2)c1. The summed E-state index contributed by atoms with van der Waals surface area (Å²) in [6.07, 6.45) is 0. The monoisotopic (exact) mass is 260 g/mol. The van der Waals surface area contributed by atoms with E-state index in [2.05, 4.69) is 0 Å². The Hall–Kier alpha value is -2.43.